The fourth-order valence-corrected chi connectivity index (χ4v) is 2.99. The lowest BCUT2D eigenvalue weighted by Gasteiger charge is -2.34. The second-order valence-electron chi connectivity index (χ2n) is 5.48. The van der Waals surface area contributed by atoms with Crippen molar-refractivity contribution in [1.29, 1.82) is 0 Å². The Labute approximate surface area is 124 Å². The summed E-state index contributed by atoms with van der Waals surface area (Å²) in [5.41, 5.74) is 1.25. The number of halogens is 1. The molecule has 0 saturated carbocycles. The zero-order valence-electron chi connectivity index (χ0n) is 12.3. The minimum atomic E-state index is -0.388. The fourth-order valence-electron chi connectivity index (χ4n) is 2.76. The third kappa shape index (κ3) is 2.83. The Balaban J connectivity index is 2.23. The standard InChI is InChI=1S/C14H22ClN3O2/c1-4-11-12(13(15)17(3)16-11)14(20)18-7-5-6-10(8-18)9(2)19/h9-10,19H,4-8H2,1-3H3. The molecule has 0 aliphatic carbocycles. The van der Waals surface area contributed by atoms with E-state index in [1.165, 1.54) is 0 Å². The molecule has 5 nitrogen and oxygen atoms in total. The summed E-state index contributed by atoms with van der Waals surface area (Å²) in [6.45, 7) is 5.05. The van der Waals surface area contributed by atoms with Gasteiger partial charge in [0.25, 0.3) is 5.91 Å². The second-order valence-corrected chi connectivity index (χ2v) is 5.84. The van der Waals surface area contributed by atoms with Crippen LogP contribution in [-0.2, 0) is 13.5 Å². The Bertz CT molecular complexity index is 499. The zero-order valence-corrected chi connectivity index (χ0v) is 13.0. The van der Waals surface area contributed by atoms with Crippen molar-refractivity contribution in [3.8, 4) is 0 Å². The average Bonchev–Trinajstić information content (AvgIpc) is 2.73. The first kappa shape index (κ1) is 15.3. The van der Waals surface area contributed by atoms with Gasteiger partial charge in [-0.1, -0.05) is 18.5 Å². The summed E-state index contributed by atoms with van der Waals surface area (Å²) in [5.74, 6) is 0.0820. The minimum Gasteiger partial charge on any atom is -0.393 e. The highest BCUT2D eigenvalue weighted by molar-refractivity contribution is 6.33. The third-order valence-electron chi connectivity index (χ3n) is 4.03. The highest BCUT2D eigenvalue weighted by Gasteiger charge is 2.30. The molecule has 1 aliphatic rings. The number of piperidine rings is 1. The van der Waals surface area contributed by atoms with E-state index in [4.69, 9.17) is 11.6 Å². The first-order valence-electron chi connectivity index (χ1n) is 7.14. The van der Waals surface area contributed by atoms with Gasteiger partial charge in [0.2, 0.25) is 0 Å². The van der Waals surface area contributed by atoms with Gasteiger partial charge in [-0.2, -0.15) is 5.10 Å². The Morgan fingerprint density at radius 3 is 2.90 bits per heavy atom. The van der Waals surface area contributed by atoms with Crippen molar-refractivity contribution in [3.05, 3.63) is 16.4 Å². The number of aliphatic hydroxyl groups excluding tert-OH is 1. The Hall–Kier alpha value is -1.07. The van der Waals surface area contributed by atoms with Crippen molar-refractivity contribution in [3.63, 3.8) is 0 Å². The van der Waals surface area contributed by atoms with Gasteiger partial charge in [0.05, 0.1) is 17.4 Å². The Morgan fingerprint density at radius 2 is 2.30 bits per heavy atom. The number of aliphatic hydroxyl groups is 1. The molecule has 1 aromatic heterocycles. The maximum absolute atomic E-state index is 12.7. The van der Waals surface area contributed by atoms with Crippen LogP contribution in [0.4, 0.5) is 0 Å². The van der Waals surface area contributed by atoms with E-state index in [2.05, 4.69) is 5.10 Å². The number of hydrogen-bond acceptors (Lipinski definition) is 3. The molecule has 2 atom stereocenters. The van der Waals surface area contributed by atoms with Crippen LogP contribution in [0.2, 0.25) is 5.15 Å². The zero-order chi connectivity index (χ0) is 14.9. The van der Waals surface area contributed by atoms with E-state index in [1.807, 2.05) is 6.92 Å². The minimum absolute atomic E-state index is 0.0645. The maximum atomic E-state index is 12.7. The summed E-state index contributed by atoms with van der Waals surface area (Å²) < 4.78 is 1.55. The van der Waals surface area contributed by atoms with Crippen molar-refractivity contribution < 1.29 is 9.90 Å². The van der Waals surface area contributed by atoms with E-state index in [0.717, 1.165) is 25.1 Å². The number of likely N-dealkylation sites (tertiary alicyclic amines) is 1. The van der Waals surface area contributed by atoms with Crippen LogP contribution < -0.4 is 0 Å². The molecule has 2 unspecified atom stereocenters. The molecule has 0 bridgehead atoms. The molecule has 6 heteroatoms. The Kier molecular flexibility index (Phi) is 4.70. The molecule has 0 spiro atoms. The van der Waals surface area contributed by atoms with Crippen molar-refractivity contribution >= 4 is 17.5 Å². The number of nitrogens with zero attached hydrogens (tertiary/aromatic N) is 3. The van der Waals surface area contributed by atoms with Gasteiger partial charge in [-0.3, -0.25) is 9.48 Å². The van der Waals surface area contributed by atoms with Gasteiger partial charge >= 0.3 is 0 Å². The smallest absolute Gasteiger partial charge is 0.258 e. The summed E-state index contributed by atoms with van der Waals surface area (Å²) in [4.78, 5) is 14.5. The summed E-state index contributed by atoms with van der Waals surface area (Å²) in [6.07, 6.45) is 2.17. The first-order chi connectivity index (χ1) is 9.45. The van der Waals surface area contributed by atoms with Gasteiger partial charge in [0.15, 0.2) is 0 Å². The Morgan fingerprint density at radius 1 is 1.60 bits per heavy atom. The summed E-state index contributed by atoms with van der Waals surface area (Å²) in [6, 6.07) is 0. The van der Waals surface area contributed by atoms with E-state index in [9.17, 15) is 9.90 Å². The van der Waals surface area contributed by atoms with Crippen molar-refractivity contribution in [2.75, 3.05) is 13.1 Å². The predicted octanol–water partition coefficient (Wildman–Crippen LogP) is 1.87. The second kappa shape index (κ2) is 6.14. The molecule has 1 saturated heterocycles. The van der Waals surface area contributed by atoms with Gasteiger partial charge in [0.1, 0.15) is 5.15 Å². The topological polar surface area (TPSA) is 58.4 Å². The lowest BCUT2D eigenvalue weighted by molar-refractivity contribution is 0.0465. The van der Waals surface area contributed by atoms with Gasteiger partial charge < -0.3 is 10.0 Å². The lowest BCUT2D eigenvalue weighted by Crippen LogP contribution is -2.43. The van der Waals surface area contributed by atoms with Crippen LogP contribution in [0.3, 0.4) is 0 Å². The van der Waals surface area contributed by atoms with Gasteiger partial charge in [-0.15, -0.1) is 0 Å². The number of amides is 1. The van der Waals surface area contributed by atoms with E-state index in [0.29, 0.717) is 23.7 Å². The molecular formula is C14H22ClN3O2. The van der Waals surface area contributed by atoms with Crippen LogP contribution in [-0.4, -0.2) is 44.9 Å². The van der Waals surface area contributed by atoms with Crippen LogP contribution in [0, 0.1) is 5.92 Å². The highest BCUT2D eigenvalue weighted by Crippen LogP contribution is 2.26. The molecule has 1 N–H and O–H groups in total. The van der Waals surface area contributed by atoms with E-state index in [1.54, 1.807) is 23.6 Å². The highest BCUT2D eigenvalue weighted by atomic mass is 35.5. The van der Waals surface area contributed by atoms with Crippen molar-refractivity contribution in [1.82, 2.24) is 14.7 Å². The molecule has 20 heavy (non-hydrogen) atoms. The lowest BCUT2D eigenvalue weighted by atomic mass is 9.93. The largest absolute Gasteiger partial charge is 0.393 e. The molecule has 0 radical (unpaired) electrons. The van der Waals surface area contributed by atoms with E-state index in [-0.39, 0.29) is 17.9 Å². The number of rotatable bonds is 3. The summed E-state index contributed by atoms with van der Waals surface area (Å²) in [5, 5.41) is 14.4. The molecule has 2 rings (SSSR count). The molecule has 112 valence electrons. The van der Waals surface area contributed by atoms with Gasteiger partial charge in [-0.25, -0.2) is 0 Å². The van der Waals surface area contributed by atoms with Gasteiger partial charge in [-0.05, 0) is 26.2 Å². The average molecular weight is 300 g/mol. The third-order valence-corrected chi connectivity index (χ3v) is 4.46. The molecule has 1 aliphatic heterocycles. The van der Waals surface area contributed by atoms with Crippen molar-refractivity contribution in [2.24, 2.45) is 13.0 Å². The normalized spacial score (nSPS) is 21.1. The quantitative estimate of drug-likeness (QED) is 0.927. The number of carbonyl (C=O) groups excluding carboxylic acids is 1. The number of aromatic nitrogens is 2. The summed E-state index contributed by atoms with van der Waals surface area (Å²) in [7, 11) is 1.74. The molecule has 1 aromatic rings. The monoisotopic (exact) mass is 299 g/mol. The van der Waals surface area contributed by atoms with Crippen LogP contribution in [0.15, 0.2) is 0 Å². The van der Waals surface area contributed by atoms with Crippen LogP contribution in [0.1, 0.15) is 42.7 Å². The van der Waals surface area contributed by atoms with Crippen LogP contribution in [0.5, 0.6) is 0 Å². The molecule has 2 heterocycles. The van der Waals surface area contributed by atoms with Crippen LogP contribution >= 0.6 is 11.6 Å². The SMILES string of the molecule is CCc1nn(C)c(Cl)c1C(=O)N1CCCC(C(C)O)C1. The fraction of sp³-hybridized carbons (Fsp3) is 0.714. The molecule has 1 amide bonds. The maximum Gasteiger partial charge on any atom is 0.258 e. The molecule has 1 fully saturated rings. The summed E-state index contributed by atoms with van der Waals surface area (Å²) >= 11 is 6.21. The van der Waals surface area contributed by atoms with E-state index < -0.39 is 0 Å². The molecular weight excluding hydrogens is 278 g/mol. The number of hydrogen-bond donors (Lipinski definition) is 1. The van der Waals surface area contributed by atoms with E-state index >= 15 is 0 Å². The van der Waals surface area contributed by atoms with Crippen molar-refractivity contribution in [2.45, 2.75) is 39.2 Å². The van der Waals surface area contributed by atoms with Crippen LogP contribution in [0.25, 0.3) is 0 Å². The predicted molar refractivity (Wildman–Crippen MR) is 77.9 cm³/mol. The molecule has 0 aromatic carbocycles. The first-order valence-corrected chi connectivity index (χ1v) is 7.52. The number of aryl methyl sites for hydroxylation is 2. The van der Waals surface area contributed by atoms with Gasteiger partial charge in [0, 0.05) is 26.1 Å². The number of carbonyl (C=O) groups is 1.